The van der Waals surface area contributed by atoms with Gasteiger partial charge in [0.25, 0.3) is 0 Å². The molecule has 0 heterocycles. The summed E-state index contributed by atoms with van der Waals surface area (Å²) in [6.45, 7) is 1.95. The highest BCUT2D eigenvalue weighted by Crippen LogP contribution is 2.42. The maximum atomic E-state index is 11.6. The van der Waals surface area contributed by atoms with Crippen molar-refractivity contribution in [2.75, 3.05) is 6.61 Å². The van der Waals surface area contributed by atoms with Crippen molar-refractivity contribution in [3.8, 4) is 12.1 Å². The minimum atomic E-state index is -0.933. The standard InChI is InChI=1S/C12H16N2O2/c1-2-16-11(15)10(8-13)12(9-14)6-4-3-5-7-12/h10H,2-7H2,1H3. The Morgan fingerprint density at radius 2 is 2.00 bits per heavy atom. The fraction of sp³-hybridized carbons (Fsp3) is 0.750. The molecule has 1 atom stereocenters. The number of esters is 1. The van der Waals surface area contributed by atoms with Crippen molar-refractivity contribution in [1.29, 1.82) is 10.5 Å². The zero-order valence-electron chi connectivity index (χ0n) is 9.53. The summed E-state index contributed by atoms with van der Waals surface area (Å²) in [6, 6.07) is 4.14. The van der Waals surface area contributed by atoms with Crippen LogP contribution in [0.1, 0.15) is 39.0 Å². The zero-order valence-corrected chi connectivity index (χ0v) is 9.53. The number of carbonyl (C=O) groups excluding carboxylic acids is 1. The molecule has 4 heteroatoms. The summed E-state index contributed by atoms with van der Waals surface area (Å²) in [4.78, 5) is 11.6. The van der Waals surface area contributed by atoms with Gasteiger partial charge in [-0.1, -0.05) is 19.3 Å². The maximum absolute atomic E-state index is 11.6. The summed E-state index contributed by atoms with van der Waals surface area (Å²) in [5.41, 5.74) is -0.820. The van der Waals surface area contributed by atoms with Gasteiger partial charge in [-0.05, 0) is 19.8 Å². The summed E-state index contributed by atoms with van der Waals surface area (Å²) < 4.78 is 4.86. The lowest BCUT2D eigenvalue weighted by atomic mass is 9.67. The lowest BCUT2D eigenvalue weighted by molar-refractivity contribution is -0.149. The van der Waals surface area contributed by atoms with Gasteiger partial charge in [-0.25, -0.2) is 0 Å². The molecule has 16 heavy (non-hydrogen) atoms. The molecule has 0 amide bonds. The minimum Gasteiger partial charge on any atom is -0.465 e. The van der Waals surface area contributed by atoms with E-state index in [1.807, 2.05) is 6.07 Å². The first-order valence-corrected chi connectivity index (χ1v) is 5.67. The van der Waals surface area contributed by atoms with E-state index >= 15 is 0 Å². The Bertz CT molecular complexity index is 332. The van der Waals surface area contributed by atoms with Crippen LogP contribution >= 0.6 is 0 Å². The molecule has 1 rings (SSSR count). The van der Waals surface area contributed by atoms with Crippen molar-refractivity contribution >= 4 is 5.97 Å². The van der Waals surface area contributed by atoms with E-state index in [0.717, 1.165) is 19.3 Å². The van der Waals surface area contributed by atoms with E-state index in [2.05, 4.69) is 6.07 Å². The van der Waals surface area contributed by atoms with Crippen LogP contribution in [0.2, 0.25) is 0 Å². The van der Waals surface area contributed by atoms with Gasteiger partial charge in [0.05, 0.1) is 24.2 Å². The zero-order chi connectivity index (χ0) is 12.0. The van der Waals surface area contributed by atoms with E-state index in [1.165, 1.54) is 0 Å². The minimum absolute atomic E-state index is 0.249. The van der Waals surface area contributed by atoms with Crippen LogP contribution in [0.4, 0.5) is 0 Å². The maximum Gasteiger partial charge on any atom is 0.324 e. The van der Waals surface area contributed by atoms with Gasteiger partial charge in [0.2, 0.25) is 0 Å². The van der Waals surface area contributed by atoms with E-state index in [9.17, 15) is 10.1 Å². The quantitative estimate of drug-likeness (QED) is 0.683. The molecule has 0 radical (unpaired) electrons. The Morgan fingerprint density at radius 3 is 2.44 bits per heavy atom. The second-order valence-corrected chi connectivity index (χ2v) is 4.14. The lowest BCUT2D eigenvalue weighted by Crippen LogP contribution is -2.36. The van der Waals surface area contributed by atoms with Gasteiger partial charge >= 0.3 is 5.97 Å². The third-order valence-electron chi connectivity index (χ3n) is 3.17. The molecule has 1 aliphatic carbocycles. The average Bonchev–Trinajstić information content (AvgIpc) is 2.31. The number of rotatable bonds is 3. The predicted octanol–water partition coefficient (Wildman–Crippen LogP) is 2.16. The summed E-state index contributed by atoms with van der Waals surface area (Å²) in [7, 11) is 0. The molecule has 4 nitrogen and oxygen atoms in total. The highest BCUT2D eigenvalue weighted by molar-refractivity contribution is 5.77. The monoisotopic (exact) mass is 220 g/mol. The third-order valence-corrected chi connectivity index (χ3v) is 3.17. The molecule has 86 valence electrons. The molecule has 1 aliphatic rings. The summed E-state index contributed by atoms with van der Waals surface area (Å²) in [5.74, 6) is -1.48. The van der Waals surface area contributed by atoms with Crippen molar-refractivity contribution in [3.05, 3.63) is 0 Å². The summed E-state index contributed by atoms with van der Waals surface area (Å²) in [5, 5.41) is 18.3. The van der Waals surface area contributed by atoms with Crippen LogP contribution in [0.5, 0.6) is 0 Å². The number of nitriles is 2. The van der Waals surface area contributed by atoms with Crippen LogP contribution in [0.3, 0.4) is 0 Å². The second-order valence-electron chi connectivity index (χ2n) is 4.14. The molecule has 0 aromatic carbocycles. The van der Waals surface area contributed by atoms with E-state index in [-0.39, 0.29) is 6.61 Å². The lowest BCUT2D eigenvalue weighted by Gasteiger charge is -2.32. The number of carbonyl (C=O) groups is 1. The Labute approximate surface area is 95.8 Å². The van der Waals surface area contributed by atoms with Crippen LogP contribution in [-0.2, 0) is 9.53 Å². The van der Waals surface area contributed by atoms with Gasteiger partial charge in [0.1, 0.15) is 0 Å². The third kappa shape index (κ3) is 2.33. The Balaban J connectivity index is 2.88. The van der Waals surface area contributed by atoms with Crippen molar-refractivity contribution in [2.45, 2.75) is 39.0 Å². The Kier molecular flexibility index (Phi) is 4.31. The molecule has 1 unspecified atom stereocenters. The van der Waals surface area contributed by atoms with Gasteiger partial charge in [-0.15, -0.1) is 0 Å². The van der Waals surface area contributed by atoms with Crippen molar-refractivity contribution < 1.29 is 9.53 Å². The normalized spacial score (nSPS) is 20.2. The molecular weight excluding hydrogens is 204 g/mol. The van der Waals surface area contributed by atoms with Crippen molar-refractivity contribution in [1.82, 2.24) is 0 Å². The van der Waals surface area contributed by atoms with Gasteiger partial charge in [0.15, 0.2) is 5.92 Å². The highest BCUT2D eigenvalue weighted by atomic mass is 16.5. The van der Waals surface area contributed by atoms with Gasteiger partial charge in [-0.2, -0.15) is 10.5 Å². The molecule has 0 N–H and O–H groups in total. The molecule has 0 saturated heterocycles. The van der Waals surface area contributed by atoms with Crippen molar-refractivity contribution in [2.24, 2.45) is 11.3 Å². The van der Waals surface area contributed by atoms with Crippen LogP contribution in [0, 0.1) is 34.0 Å². The van der Waals surface area contributed by atoms with E-state index in [1.54, 1.807) is 6.92 Å². The fourth-order valence-corrected chi connectivity index (χ4v) is 2.28. The molecule has 1 saturated carbocycles. The molecule has 0 bridgehead atoms. The second kappa shape index (κ2) is 5.51. The molecule has 0 aromatic rings. The number of hydrogen-bond acceptors (Lipinski definition) is 4. The fourth-order valence-electron chi connectivity index (χ4n) is 2.28. The van der Waals surface area contributed by atoms with Crippen molar-refractivity contribution in [3.63, 3.8) is 0 Å². The first-order valence-electron chi connectivity index (χ1n) is 5.67. The average molecular weight is 220 g/mol. The van der Waals surface area contributed by atoms with Crippen LogP contribution in [0.25, 0.3) is 0 Å². The largest absolute Gasteiger partial charge is 0.465 e. The van der Waals surface area contributed by atoms with Crippen LogP contribution < -0.4 is 0 Å². The van der Waals surface area contributed by atoms with E-state index in [4.69, 9.17) is 10.00 Å². The molecule has 0 aliphatic heterocycles. The Hall–Kier alpha value is -1.55. The molecule has 0 spiro atoms. The Morgan fingerprint density at radius 1 is 1.38 bits per heavy atom. The first kappa shape index (κ1) is 12.5. The smallest absolute Gasteiger partial charge is 0.324 e. The van der Waals surface area contributed by atoms with E-state index in [0.29, 0.717) is 12.8 Å². The SMILES string of the molecule is CCOC(=O)C(C#N)C1(C#N)CCCCC1. The molecule has 1 fully saturated rings. The van der Waals surface area contributed by atoms with Gasteiger partial charge in [0, 0.05) is 0 Å². The van der Waals surface area contributed by atoms with E-state index < -0.39 is 17.3 Å². The number of hydrogen-bond donors (Lipinski definition) is 0. The predicted molar refractivity (Wildman–Crippen MR) is 56.9 cm³/mol. The van der Waals surface area contributed by atoms with Crippen LogP contribution in [-0.4, -0.2) is 12.6 Å². The first-order chi connectivity index (χ1) is 7.70. The van der Waals surface area contributed by atoms with Crippen LogP contribution in [0.15, 0.2) is 0 Å². The van der Waals surface area contributed by atoms with Gasteiger partial charge in [-0.3, -0.25) is 4.79 Å². The number of ether oxygens (including phenoxy) is 1. The topological polar surface area (TPSA) is 73.9 Å². The summed E-state index contributed by atoms with van der Waals surface area (Å²) >= 11 is 0. The van der Waals surface area contributed by atoms with Gasteiger partial charge < -0.3 is 4.74 Å². The summed E-state index contributed by atoms with van der Waals surface area (Å²) in [6.07, 6.45) is 4.14. The number of nitrogens with zero attached hydrogens (tertiary/aromatic N) is 2. The molecule has 0 aromatic heterocycles. The molecular formula is C12H16N2O2. The highest BCUT2D eigenvalue weighted by Gasteiger charge is 2.45.